The van der Waals surface area contributed by atoms with E-state index in [9.17, 15) is 8.78 Å². The molecule has 1 heterocycles. The Morgan fingerprint density at radius 3 is 2.20 bits per heavy atom. The lowest BCUT2D eigenvalue weighted by Crippen LogP contribution is -2.00. The number of hydrogen-bond donors (Lipinski definition) is 0. The molecule has 1 aromatic heterocycles. The van der Waals surface area contributed by atoms with Crippen LogP contribution in [0.15, 0.2) is 9.21 Å². The van der Waals surface area contributed by atoms with Gasteiger partial charge in [-0.25, -0.2) is 0 Å². The first kappa shape index (κ1) is 8.06. The monoisotopic (exact) mass is 275 g/mol. The van der Waals surface area contributed by atoms with Crippen LogP contribution in [0.3, 0.4) is 0 Å². The molecule has 56 valence electrons. The number of aromatic nitrogens is 3. The van der Waals surface area contributed by atoms with Crippen LogP contribution in [0.25, 0.3) is 0 Å². The van der Waals surface area contributed by atoms with Crippen LogP contribution in [-0.2, 0) is 0 Å². The zero-order valence-corrected chi connectivity index (χ0v) is 7.60. The molecule has 0 fully saturated rings. The third kappa shape index (κ3) is 1.34. The average molecular weight is 277 g/mol. The highest BCUT2D eigenvalue weighted by molar-refractivity contribution is 9.13. The molecular formula is C3HBr2F2N3. The second-order valence-electron chi connectivity index (χ2n) is 1.39. The summed E-state index contributed by atoms with van der Waals surface area (Å²) in [6.45, 7) is -2.66. The van der Waals surface area contributed by atoms with Crippen molar-refractivity contribution in [1.29, 1.82) is 0 Å². The van der Waals surface area contributed by atoms with Gasteiger partial charge in [0.25, 0.3) is 0 Å². The third-order valence-corrected chi connectivity index (χ3v) is 2.59. The summed E-state index contributed by atoms with van der Waals surface area (Å²) >= 11 is 5.77. The fraction of sp³-hybridized carbons (Fsp3) is 0.333. The van der Waals surface area contributed by atoms with E-state index in [0.29, 0.717) is 4.68 Å². The van der Waals surface area contributed by atoms with Gasteiger partial charge in [-0.1, -0.05) is 5.21 Å². The van der Waals surface area contributed by atoms with Gasteiger partial charge in [0, 0.05) is 0 Å². The fourth-order valence-electron chi connectivity index (χ4n) is 0.387. The van der Waals surface area contributed by atoms with Crippen molar-refractivity contribution in [1.82, 2.24) is 15.0 Å². The van der Waals surface area contributed by atoms with E-state index in [1.165, 1.54) is 0 Å². The van der Waals surface area contributed by atoms with Crippen molar-refractivity contribution in [2.75, 3.05) is 0 Å². The smallest absolute Gasteiger partial charge is 0.184 e. The van der Waals surface area contributed by atoms with Crippen molar-refractivity contribution in [2.24, 2.45) is 0 Å². The first-order valence-corrected chi connectivity index (χ1v) is 3.76. The zero-order chi connectivity index (χ0) is 7.72. The van der Waals surface area contributed by atoms with E-state index in [4.69, 9.17) is 0 Å². The Morgan fingerprint density at radius 1 is 1.40 bits per heavy atom. The summed E-state index contributed by atoms with van der Waals surface area (Å²) < 4.78 is 24.6. The molecule has 0 saturated heterocycles. The predicted octanol–water partition coefficient (Wildman–Crippen LogP) is 2.20. The molecule has 0 aromatic carbocycles. The first-order chi connectivity index (χ1) is 4.63. The molecule has 1 aromatic rings. The number of rotatable bonds is 1. The molecule has 0 aliphatic heterocycles. The van der Waals surface area contributed by atoms with E-state index >= 15 is 0 Å². The van der Waals surface area contributed by atoms with Crippen LogP contribution >= 0.6 is 31.9 Å². The molecule has 0 saturated carbocycles. The van der Waals surface area contributed by atoms with Crippen LogP contribution in [0.2, 0.25) is 0 Å². The van der Waals surface area contributed by atoms with Crippen molar-refractivity contribution in [3.8, 4) is 0 Å². The molecule has 0 bridgehead atoms. The van der Waals surface area contributed by atoms with Crippen molar-refractivity contribution in [3.05, 3.63) is 9.21 Å². The van der Waals surface area contributed by atoms with E-state index in [0.717, 1.165) is 0 Å². The Kier molecular flexibility index (Phi) is 2.35. The van der Waals surface area contributed by atoms with Crippen LogP contribution < -0.4 is 0 Å². The van der Waals surface area contributed by atoms with Crippen LogP contribution in [0.1, 0.15) is 6.55 Å². The van der Waals surface area contributed by atoms with Crippen molar-refractivity contribution in [3.63, 3.8) is 0 Å². The van der Waals surface area contributed by atoms with E-state index in [1.807, 2.05) is 0 Å². The molecule has 0 radical (unpaired) electrons. The highest BCUT2D eigenvalue weighted by atomic mass is 79.9. The largest absolute Gasteiger partial charge is 0.335 e. The minimum atomic E-state index is -2.66. The van der Waals surface area contributed by atoms with Gasteiger partial charge in [0.2, 0.25) is 0 Å². The first-order valence-electron chi connectivity index (χ1n) is 2.17. The summed E-state index contributed by atoms with van der Waals surface area (Å²) in [5.74, 6) is 0. The highest BCUT2D eigenvalue weighted by Gasteiger charge is 2.14. The Balaban J connectivity index is 3.05. The fourth-order valence-corrected chi connectivity index (χ4v) is 0.945. The average Bonchev–Trinajstić information content (AvgIpc) is 2.14. The van der Waals surface area contributed by atoms with Crippen LogP contribution in [0.4, 0.5) is 8.78 Å². The van der Waals surface area contributed by atoms with Crippen molar-refractivity contribution in [2.45, 2.75) is 6.55 Å². The molecular weight excluding hydrogens is 276 g/mol. The molecule has 1 rings (SSSR count). The van der Waals surface area contributed by atoms with Gasteiger partial charge in [-0.2, -0.15) is 13.5 Å². The summed E-state index contributed by atoms with van der Waals surface area (Å²) in [6, 6.07) is 0. The molecule has 10 heavy (non-hydrogen) atoms. The minimum absolute atomic E-state index is 0.141. The minimum Gasteiger partial charge on any atom is -0.184 e. The van der Waals surface area contributed by atoms with Crippen LogP contribution in [0.5, 0.6) is 0 Å². The van der Waals surface area contributed by atoms with Crippen LogP contribution in [-0.4, -0.2) is 15.0 Å². The van der Waals surface area contributed by atoms with E-state index in [1.54, 1.807) is 0 Å². The lowest BCUT2D eigenvalue weighted by Gasteiger charge is -1.96. The predicted molar refractivity (Wildman–Crippen MR) is 36.7 cm³/mol. The van der Waals surface area contributed by atoms with Gasteiger partial charge in [0.15, 0.2) is 4.60 Å². The summed E-state index contributed by atoms with van der Waals surface area (Å²) in [5.41, 5.74) is 0. The highest BCUT2D eigenvalue weighted by Crippen LogP contribution is 2.23. The molecule has 0 atom stereocenters. The van der Waals surface area contributed by atoms with Gasteiger partial charge in [-0.3, -0.25) is 0 Å². The SMILES string of the molecule is FC(F)n1nnc(Br)c1Br. The van der Waals surface area contributed by atoms with Gasteiger partial charge in [-0.15, -0.1) is 5.10 Å². The second kappa shape index (κ2) is 2.91. The number of halogens is 4. The van der Waals surface area contributed by atoms with Crippen molar-refractivity contribution >= 4 is 31.9 Å². The lowest BCUT2D eigenvalue weighted by molar-refractivity contribution is 0.0521. The Labute approximate surface area is 71.7 Å². The molecule has 3 nitrogen and oxygen atoms in total. The van der Waals surface area contributed by atoms with Gasteiger partial charge in [-0.05, 0) is 31.9 Å². The molecule has 0 spiro atoms. The van der Waals surface area contributed by atoms with Gasteiger partial charge in [0.1, 0.15) is 4.60 Å². The molecule has 0 amide bonds. The zero-order valence-electron chi connectivity index (χ0n) is 4.43. The molecule has 0 unspecified atom stereocenters. The molecule has 0 aliphatic carbocycles. The van der Waals surface area contributed by atoms with E-state index in [-0.39, 0.29) is 9.21 Å². The molecule has 7 heteroatoms. The van der Waals surface area contributed by atoms with Crippen LogP contribution in [0, 0.1) is 0 Å². The summed E-state index contributed by atoms with van der Waals surface area (Å²) in [6.07, 6.45) is 0. The van der Waals surface area contributed by atoms with Crippen molar-refractivity contribution < 1.29 is 8.78 Å². The third-order valence-electron chi connectivity index (χ3n) is 0.785. The Morgan fingerprint density at radius 2 is 2.00 bits per heavy atom. The summed E-state index contributed by atoms with van der Waals surface area (Å²) in [4.78, 5) is 0. The standard InChI is InChI=1S/C3HBr2F2N3/c4-1-2(5)10(3(6)7)9-8-1/h3H. The Bertz CT molecular complexity index is 236. The molecule has 0 aliphatic rings. The molecule has 0 N–H and O–H groups in total. The Hall–Kier alpha value is -0.0400. The summed E-state index contributed by atoms with van der Waals surface area (Å²) in [5, 5.41) is 6.48. The topological polar surface area (TPSA) is 30.7 Å². The maximum atomic E-state index is 11.9. The normalized spacial score (nSPS) is 10.9. The van der Waals surface area contributed by atoms with Gasteiger partial charge >= 0.3 is 6.55 Å². The number of hydrogen-bond acceptors (Lipinski definition) is 2. The maximum absolute atomic E-state index is 11.9. The van der Waals surface area contributed by atoms with E-state index in [2.05, 4.69) is 42.2 Å². The van der Waals surface area contributed by atoms with Gasteiger partial charge in [0.05, 0.1) is 0 Å². The lowest BCUT2D eigenvalue weighted by atomic mass is 10.9. The van der Waals surface area contributed by atoms with E-state index < -0.39 is 6.55 Å². The maximum Gasteiger partial charge on any atom is 0.335 e. The van der Waals surface area contributed by atoms with Gasteiger partial charge < -0.3 is 0 Å². The summed E-state index contributed by atoms with van der Waals surface area (Å²) in [7, 11) is 0. The number of alkyl halides is 2. The number of nitrogens with zero attached hydrogens (tertiary/aromatic N) is 3. The quantitative estimate of drug-likeness (QED) is 0.787. The second-order valence-corrected chi connectivity index (χ2v) is 2.90.